The summed E-state index contributed by atoms with van der Waals surface area (Å²) in [4.78, 5) is 28.7. The predicted octanol–water partition coefficient (Wildman–Crippen LogP) is 1.06. The second-order valence-corrected chi connectivity index (χ2v) is 4.81. The number of aryl methyl sites for hydroxylation is 1. The fourth-order valence-electron chi connectivity index (χ4n) is 2.41. The molecule has 1 radical (unpaired) electrons. The molecule has 0 saturated heterocycles. The van der Waals surface area contributed by atoms with Gasteiger partial charge < -0.3 is 14.8 Å². The third-order valence-electron chi connectivity index (χ3n) is 3.32. The summed E-state index contributed by atoms with van der Waals surface area (Å²) in [7, 11) is 1.10. The van der Waals surface area contributed by atoms with Crippen molar-refractivity contribution in [2.75, 3.05) is 0 Å². The SMILES string of the molecule is O=C(O)[B]c1ccc(Oc2nc(=O)[nH]c3c2CCC3)cc1. The van der Waals surface area contributed by atoms with E-state index in [1.165, 1.54) is 0 Å². The van der Waals surface area contributed by atoms with Crippen LogP contribution >= 0.6 is 0 Å². The quantitative estimate of drug-likeness (QED) is 0.818. The summed E-state index contributed by atoms with van der Waals surface area (Å²) in [5.41, 5.74) is 1.98. The Morgan fingerprint density at radius 3 is 2.76 bits per heavy atom. The fourth-order valence-corrected chi connectivity index (χ4v) is 2.41. The molecular weight excluding hydrogens is 271 g/mol. The first-order valence-electron chi connectivity index (χ1n) is 6.59. The van der Waals surface area contributed by atoms with Gasteiger partial charge in [-0.05, 0) is 31.4 Å². The number of carboxylic acid groups (broad SMARTS) is 1. The van der Waals surface area contributed by atoms with E-state index in [1.54, 1.807) is 24.3 Å². The van der Waals surface area contributed by atoms with Crippen molar-refractivity contribution < 1.29 is 14.6 Å². The van der Waals surface area contributed by atoms with E-state index in [2.05, 4.69) is 9.97 Å². The molecule has 105 valence electrons. The van der Waals surface area contributed by atoms with Gasteiger partial charge in [-0.15, -0.1) is 0 Å². The van der Waals surface area contributed by atoms with Crippen LogP contribution in [0.15, 0.2) is 29.1 Å². The third-order valence-corrected chi connectivity index (χ3v) is 3.32. The van der Waals surface area contributed by atoms with Crippen LogP contribution in [0, 0.1) is 0 Å². The van der Waals surface area contributed by atoms with Gasteiger partial charge in [0.1, 0.15) is 5.75 Å². The number of nitrogens with zero attached hydrogens (tertiary/aromatic N) is 1. The minimum absolute atomic E-state index is 0.334. The molecule has 21 heavy (non-hydrogen) atoms. The van der Waals surface area contributed by atoms with Crippen molar-refractivity contribution in [1.29, 1.82) is 0 Å². The summed E-state index contributed by atoms with van der Waals surface area (Å²) in [6.07, 6.45) is 2.63. The van der Waals surface area contributed by atoms with Crippen LogP contribution in [0.1, 0.15) is 17.7 Å². The molecule has 6 nitrogen and oxygen atoms in total. The van der Waals surface area contributed by atoms with Crippen LogP contribution in [-0.2, 0) is 12.8 Å². The zero-order chi connectivity index (χ0) is 14.8. The summed E-state index contributed by atoms with van der Waals surface area (Å²) >= 11 is 0. The molecule has 2 N–H and O–H groups in total. The molecule has 1 aliphatic rings. The highest BCUT2D eigenvalue weighted by Gasteiger charge is 2.19. The molecule has 0 saturated carbocycles. The molecule has 2 aromatic rings. The molecule has 0 amide bonds. The van der Waals surface area contributed by atoms with E-state index >= 15 is 0 Å². The third kappa shape index (κ3) is 2.96. The Balaban J connectivity index is 1.84. The number of carbonyl (C=O) groups is 1. The van der Waals surface area contributed by atoms with E-state index < -0.39 is 11.6 Å². The lowest BCUT2D eigenvalue weighted by Gasteiger charge is -2.08. The van der Waals surface area contributed by atoms with E-state index in [-0.39, 0.29) is 0 Å². The van der Waals surface area contributed by atoms with Crippen molar-refractivity contribution in [1.82, 2.24) is 9.97 Å². The first-order chi connectivity index (χ1) is 10.1. The van der Waals surface area contributed by atoms with Crippen LogP contribution in [-0.4, -0.2) is 28.2 Å². The number of fused-ring (bicyclic) bond motifs is 1. The number of H-pyrrole nitrogens is 1. The van der Waals surface area contributed by atoms with Gasteiger partial charge in [-0.1, -0.05) is 17.6 Å². The summed E-state index contributed by atoms with van der Waals surface area (Å²) in [6.45, 7) is 0. The lowest BCUT2D eigenvalue weighted by Crippen LogP contribution is -2.21. The predicted molar refractivity (Wildman–Crippen MR) is 76.8 cm³/mol. The lowest BCUT2D eigenvalue weighted by molar-refractivity contribution is 0.220. The fraction of sp³-hybridized carbons (Fsp3) is 0.214. The van der Waals surface area contributed by atoms with Crippen molar-refractivity contribution >= 4 is 18.6 Å². The summed E-state index contributed by atoms with van der Waals surface area (Å²) in [5, 5.41) is 8.67. The number of aromatic nitrogens is 2. The van der Waals surface area contributed by atoms with E-state index in [9.17, 15) is 9.59 Å². The molecule has 1 aromatic carbocycles. The molecule has 0 unspecified atom stereocenters. The molecule has 0 fully saturated rings. The zero-order valence-electron chi connectivity index (χ0n) is 11.1. The van der Waals surface area contributed by atoms with E-state index in [0.717, 1.165) is 37.8 Å². The van der Waals surface area contributed by atoms with Gasteiger partial charge in [-0.3, -0.25) is 4.79 Å². The minimum atomic E-state index is -1.00. The highest BCUT2D eigenvalue weighted by molar-refractivity contribution is 6.82. The van der Waals surface area contributed by atoms with Gasteiger partial charge in [-0.2, -0.15) is 4.98 Å². The number of hydrogen-bond acceptors (Lipinski definition) is 4. The lowest BCUT2D eigenvalue weighted by atomic mass is 9.71. The van der Waals surface area contributed by atoms with Crippen molar-refractivity contribution in [3.8, 4) is 11.6 Å². The maximum absolute atomic E-state index is 11.5. The van der Waals surface area contributed by atoms with E-state index in [4.69, 9.17) is 9.84 Å². The van der Waals surface area contributed by atoms with Crippen molar-refractivity contribution in [2.24, 2.45) is 0 Å². The number of nitrogens with one attached hydrogen (secondary N) is 1. The first kappa shape index (κ1) is 13.4. The molecular formula is C14H12BN2O4. The highest BCUT2D eigenvalue weighted by atomic mass is 16.5. The first-order valence-corrected chi connectivity index (χ1v) is 6.59. The molecule has 3 rings (SSSR count). The molecule has 1 aromatic heterocycles. The van der Waals surface area contributed by atoms with Crippen molar-refractivity contribution in [2.45, 2.75) is 19.3 Å². The number of ether oxygens (including phenoxy) is 1. The average Bonchev–Trinajstić information content (AvgIpc) is 2.88. The summed E-state index contributed by atoms with van der Waals surface area (Å²) in [5.74, 6) is -0.149. The Kier molecular flexibility index (Phi) is 3.47. The molecule has 0 atom stereocenters. The Bertz CT molecular complexity index is 740. The zero-order valence-corrected chi connectivity index (χ0v) is 11.1. The number of hydrogen-bond donors (Lipinski definition) is 2. The Morgan fingerprint density at radius 1 is 1.29 bits per heavy atom. The van der Waals surface area contributed by atoms with Gasteiger partial charge in [-0.25, -0.2) is 4.79 Å². The average molecular weight is 283 g/mol. The molecule has 0 bridgehead atoms. The van der Waals surface area contributed by atoms with Gasteiger partial charge in [0.25, 0.3) is 7.28 Å². The maximum Gasteiger partial charge on any atom is 0.348 e. The number of benzene rings is 1. The van der Waals surface area contributed by atoms with E-state index in [1.807, 2.05) is 0 Å². The van der Waals surface area contributed by atoms with Gasteiger partial charge in [0.2, 0.25) is 11.7 Å². The second kappa shape index (κ2) is 5.44. The Hall–Kier alpha value is -2.57. The largest absolute Gasteiger partial charge is 0.489 e. The van der Waals surface area contributed by atoms with Crippen LogP contribution in [0.4, 0.5) is 4.79 Å². The maximum atomic E-state index is 11.5. The van der Waals surface area contributed by atoms with Gasteiger partial charge in [0.05, 0.1) is 0 Å². The topological polar surface area (TPSA) is 92.3 Å². The van der Waals surface area contributed by atoms with Crippen LogP contribution in [0.5, 0.6) is 11.6 Å². The van der Waals surface area contributed by atoms with E-state index in [0.29, 0.717) is 17.1 Å². The smallest absolute Gasteiger partial charge is 0.348 e. The molecule has 1 aliphatic carbocycles. The van der Waals surface area contributed by atoms with Crippen LogP contribution in [0.2, 0.25) is 0 Å². The van der Waals surface area contributed by atoms with Crippen LogP contribution < -0.4 is 15.9 Å². The highest BCUT2D eigenvalue weighted by Crippen LogP contribution is 2.28. The Labute approximate surface area is 121 Å². The van der Waals surface area contributed by atoms with Crippen LogP contribution in [0.25, 0.3) is 0 Å². The van der Waals surface area contributed by atoms with Gasteiger partial charge in [0.15, 0.2) is 0 Å². The summed E-state index contributed by atoms with van der Waals surface area (Å²) in [6, 6.07) is 6.58. The van der Waals surface area contributed by atoms with Gasteiger partial charge in [0, 0.05) is 11.3 Å². The molecule has 0 aliphatic heterocycles. The van der Waals surface area contributed by atoms with Gasteiger partial charge >= 0.3 is 5.69 Å². The van der Waals surface area contributed by atoms with Crippen molar-refractivity contribution in [3.05, 3.63) is 46.0 Å². The van der Waals surface area contributed by atoms with Crippen molar-refractivity contribution in [3.63, 3.8) is 0 Å². The summed E-state index contributed by atoms with van der Waals surface area (Å²) < 4.78 is 5.67. The standard InChI is InChI=1S/C14H12BN2O4/c18-13(19)15-8-4-6-9(7-5-8)21-12-10-2-1-3-11(10)16-14(20)17-12/h4-7H,1-3H2,(H,18,19)(H,16,17,20). The van der Waals surface area contributed by atoms with Crippen LogP contribution in [0.3, 0.4) is 0 Å². The molecule has 1 heterocycles. The molecule has 7 heteroatoms. The Morgan fingerprint density at radius 2 is 2.05 bits per heavy atom. The monoisotopic (exact) mass is 283 g/mol. The normalized spacial score (nSPS) is 12.8. The number of aromatic amines is 1. The number of rotatable bonds is 4. The molecule has 0 spiro atoms. The minimum Gasteiger partial charge on any atom is -0.489 e. The second-order valence-electron chi connectivity index (χ2n) is 4.81.